The van der Waals surface area contributed by atoms with Crippen molar-refractivity contribution < 1.29 is 9.90 Å². The Morgan fingerprint density at radius 3 is 2.74 bits per heavy atom. The Hall–Kier alpha value is -2.13. The summed E-state index contributed by atoms with van der Waals surface area (Å²) in [6.07, 6.45) is 3.29. The van der Waals surface area contributed by atoms with Crippen LogP contribution in [0.25, 0.3) is 0 Å². The topological polar surface area (TPSA) is 80.5 Å². The van der Waals surface area contributed by atoms with Crippen molar-refractivity contribution in [1.82, 2.24) is 9.88 Å². The Labute approximate surface area is 111 Å². The van der Waals surface area contributed by atoms with Gasteiger partial charge >= 0.3 is 5.97 Å². The van der Waals surface area contributed by atoms with Crippen LogP contribution in [0.15, 0.2) is 18.5 Å². The van der Waals surface area contributed by atoms with Crippen LogP contribution in [0.5, 0.6) is 0 Å². The molecule has 2 rings (SSSR count). The maximum Gasteiger partial charge on any atom is 0.320 e. The molecule has 0 bridgehead atoms. The smallest absolute Gasteiger partial charge is 0.320 e. The SMILES string of the molecule is CC(C(=O)O)N1CCN(c2cnccc2C#N)CC1. The quantitative estimate of drug-likeness (QED) is 0.854. The normalized spacial score (nSPS) is 17.8. The first-order valence-corrected chi connectivity index (χ1v) is 6.19. The summed E-state index contributed by atoms with van der Waals surface area (Å²) in [6.45, 7) is 4.46. The van der Waals surface area contributed by atoms with Gasteiger partial charge in [-0.2, -0.15) is 5.26 Å². The molecule has 1 atom stereocenters. The molecule has 1 aromatic rings. The Balaban J connectivity index is 2.04. The lowest BCUT2D eigenvalue weighted by molar-refractivity contribution is -0.142. The van der Waals surface area contributed by atoms with Gasteiger partial charge in [0.05, 0.1) is 17.4 Å². The molecule has 2 heterocycles. The number of hydrogen-bond donors (Lipinski definition) is 1. The average Bonchev–Trinajstić information content (AvgIpc) is 2.46. The molecule has 1 fully saturated rings. The van der Waals surface area contributed by atoms with Gasteiger partial charge in [-0.05, 0) is 13.0 Å². The van der Waals surface area contributed by atoms with E-state index < -0.39 is 12.0 Å². The van der Waals surface area contributed by atoms with Crippen molar-refractivity contribution in [1.29, 1.82) is 5.26 Å². The van der Waals surface area contributed by atoms with Crippen molar-refractivity contribution in [2.24, 2.45) is 0 Å². The first-order valence-electron chi connectivity index (χ1n) is 6.19. The zero-order valence-electron chi connectivity index (χ0n) is 10.8. The van der Waals surface area contributed by atoms with E-state index in [1.54, 1.807) is 25.4 Å². The Morgan fingerprint density at radius 1 is 1.47 bits per heavy atom. The molecule has 1 aliphatic rings. The van der Waals surface area contributed by atoms with Crippen molar-refractivity contribution in [2.75, 3.05) is 31.1 Å². The van der Waals surface area contributed by atoms with Crippen LogP contribution in [0.2, 0.25) is 0 Å². The number of aliphatic carboxylic acids is 1. The minimum atomic E-state index is -0.799. The molecule has 6 heteroatoms. The lowest BCUT2D eigenvalue weighted by atomic mass is 10.2. The molecule has 6 nitrogen and oxygen atoms in total. The molecule has 1 aliphatic heterocycles. The van der Waals surface area contributed by atoms with E-state index in [0.717, 1.165) is 5.69 Å². The minimum Gasteiger partial charge on any atom is -0.480 e. The van der Waals surface area contributed by atoms with Gasteiger partial charge < -0.3 is 10.0 Å². The van der Waals surface area contributed by atoms with Gasteiger partial charge in [-0.15, -0.1) is 0 Å². The lowest BCUT2D eigenvalue weighted by Crippen LogP contribution is -2.51. The number of nitriles is 1. The molecule has 1 saturated heterocycles. The first kappa shape index (κ1) is 13.3. The predicted molar refractivity (Wildman–Crippen MR) is 69.8 cm³/mol. The molecule has 1 aromatic heterocycles. The summed E-state index contributed by atoms with van der Waals surface area (Å²) in [5.74, 6) is -0.799. The van der Waals surface area contributed by atoms with Crippen molar-refractivity contribution in [3.05, 3.63) is 24.0 Å². The summed E-state index contributed by atoms with van der Waals surface area (Å²) in [7, 11) is 0. The van der Waals surface area contributed by atoms with Crippen molar-refractivity contribution in [3.8, 4) is 6.07 Å². The molecule has 0 aliphatic carbocycles. The van der Waals surface area contributed by atoms with Crippen LogP contribution >= 0.6 is 0 Å². The van der Waals surface area contributed by atoms with Gasteiger partial charge in [0.15, 0.2) is 0 Å². The number of carboxylic acids is 1. The molecular weight excluding hydrogens is 244 g/mol. The molecule has 0 aromatic carbocycles. The van der Waals surface area contributed by atoms with E-state index >= 15 is 0 Å². The number of carboxylic acid groups (broad SMARTS) is 1. The van der Waals surface area contributed by atoms with Crippen molar-refractivity contribution in [3.63, 3.8) is 0 Å². The zero-order chi connectivity index (χ0) is 13.8. The van der Waals surface area contributed by atoms with Crippen molar-refractivity contribution >= 4 is 11.7 Å². The third kappa shape index (κ3) is 2.83. The summed E-state index contributed by atoms with van der Waals surface area (Å²) in [6, 6.07) is 3.39. The standard InChI is InChI=1S/C13H16N4O2/c1-10(13(18)19)16-4-6-17(7-5-16)12-9-15-3-2-11(12)8-14/h2-3,9-10H,4-7H2,1H3,(H,18,19). The molecule has 0 radical (unpaired) electrons. The first-order chi connectivity index (χ1) is 9.13. The predicted octanol–water partition coefficient (Wildman–Crippen LogP) is 0.548. The summed E-state index contributed by atoms with van der Waals surface area (Å²) < 4.78 is 0. The van der Waals surface area contributed by atoms with Crippen LogP contribution in [0.1, 0.15) is 12.5 Å². The fourth-order valence-electron chi connectivity index (χ4n) is 2.24. The number of pyridine rings is 1. The molecule has 19 heavy (non-hydrogen) atoms. The average molecular weight is 260 g/mol. The second-order valence-electron chi connectivity index (χ2n) is 4.54. The van der Waals surface area contributed by atoms with E-state index in [4.69, 9.17) is 10.4 Å². The van der Waals surface area contributed by atoms with Gasteiger partial charge in [0.2, 0.25) is 0 Å². The monoisotopic (exact) mass is 260 g/mol. The number of aromatic nitrogens is 1. The highest BCUT2D eigenvalue weighted by Gasteiger charge is 2.25. The van der Waals surface area contributed by atoms with Crippen LogP contribution in [0, 0.1) is 11.3 Å². The van der Waals surface area contributed by atoms with E-state index in [1.165, 1.54) is 0 Å². The maximum absolute atomic E-state index is 10.9. The molecule has 1 unspecified atom stereocenters. The van der Waals surface area contributed by atoms with Crippen LogP contribution in [0.4, 0.5) is 5.69 Å². The van der Waals surface area contributed by atoms with Gasteiger partial charge in [0.25, 0.3) is 0 Å². The summed E-state index contributed by atoms with van der Waals surface area (Å²) in [5, 5.41) is 18.1. The molecule has 0 amide bonds. The Bertz CT molecular complexity index is 504. The van der Waals surface area contributed by atoms with E-state index in [9.17, 15) is 4.79 Å². The van der Waals surface area contributed by atoms with Gasteiger partial charge in [-0.3, -0.25) is 14.7 Å². The Kier molecular flexibility index (Phi) is 3.97. The van der Waals surface area contributed by atoms with Crippen LogP contribution in [-0.4, -0.2) is 53.2 Å². The molecular formula is C13H16N4O2. The van der Waals surface area contributed by atoms with Crippen LogP contribution in [0.3, 0.4) is 0 Å². The number of anilines is 1. The van der Waals surface area contributed by atoms with E-state index in [2.05, 4.69) is 16.0 Å². The van der Waals surface area contributed by atoms with Crippen LogP contribution < -0.4 is 4.90 Å². The second-order valence-corrected chi connectivity index (χ2v) is 4.54. The number of piperazine rings is 1. The van der Waals surface area contributed by atoms with Crippen LogP contribution in [-0.2, 0) is 4.79 Å². The summed E-state index contributed by atoms with van der Waals surface area (Å²) >= 11 is 0. The minimum absolute atomic E-state index is 0.466. The van der Waals surface area contributed by atoms with Gasteiger partial charge in [-0.1, -0.05) is 0 Å². The van der Waals surface area contributed by atoms with E-state index in [1.807, 2.05) is 4.90 Å². The van der Waals surface area contributed by atoms with Crippen molar-refractivity contribution in [2.45, 2.75) is 13.0 Å². The molecule has 0 saturated carbocycles. The highest BCUT2D eigenvalue weighted by Crippen LogP contribution is 2.20. The van der Waals surface area contributed by atoms with E-state index in [-0.39, 0.29) is 0 Å². The molecule has 100 valence electrons. The molecule has 1 N–H and O–H groups in total. The number of nitrogens with zero attached hydrogens (tertiary/aromatic N) is 4. The highest BCUT2D eigenvalue weighted by molar-refractivity contribution is 5.73. The van der Waals surface area contributed by atoms with E-state index in [0.29, 0.717) is 31.7 Å². The van der Waals surface area contributed by atoms with Gasteiger partial charge in [0.1, 0.15) is 12.1 Å². The fraction of sp³-hybridized carbons (Fsp3) is 0.462. The van der Waals surface area contributed by atoms with Gasteiger partial charge in [0, 0.05) is 32.4 Å². The maximum atomic E-state index is 10.9. The number of carbonyl (C=O) groups is 1. The summed E-state index contributed by atoms with van der Waals surface area (Å²) in [5.41, 5.74) is 1.43. The molecule has 0 spiro atoms. The second kappa shape index (κ2) is 5.67. The summed E-state index contributed by atoms with van der Waals surface area (Å²) in [4.78, 5) is 19.0. The number of rotatable bonds is 3. The largest absolute Gasteiger partial charge is 0.480 e. The zero-order valence-corrected chi connectivity index (χ0v) is 10.8. The third-order valence-corrected chi connectivity index (χ3v) is 3.48. The highest BCUT2D eigenvalue weighted by atomic mass is 16.4. The van der Waals surface area contributed by atoms with Gasteiger partial charge in [-0.25, -0.2) is 0 Å². The Morgan fingerprint density at radius 2 is 2.16 bits per heavy atom. The lowest BCUT2D eigenvalue weighted by Gasteiger charge is -2.37. The number of hydrogen-bond acceptors (Lipinski definition) is 5. The fourth-order valence-corrected chi connectivity index (χ4v) is 2.24. The third-order valence-electron chi connectivity index (χ3n) is 3.48.